The summed E-state index contributed by atoms with van der Waals surface area (Å²) in [5, 5.41) is 0. The molecule has 0 fully saturated rings. The second-order valence-electron chi connectivity index (χ2n) is 9.14. The number of ether oxygens (including phenoxy) is 6. The minimum absolute atomic E-state index is 0.193. The van der Waals surface area contributed by atoms with E-state index in [1.165, 1.54) is 25.3 Å². The fourth-order valence-electron chi connectivity index (χ4n) is 5.47. The summed E-state index contributed by atoms with van der Waals surface area (Å²) in [6, 6.07) is 9.51. The van der Waals surface area contributed by atoms with Gasteiger partial charge < -0.3 is 28.4 Å². The van der Waals surface area contributed by atoms with Crippen molar-refractivity contribution in [3.8, 4) is 51.4 Å². The molecule has 194 valence electrons. The fourth-order valence-corrected chi connectivity index (χ4v) is 5.47. The largest absolute Gasteiger partial charge is 0.493 e. The van der Waals surface area contributed by atoms with E-state index in [2.05, 4.69) is 18.0 Å². The molecular formula is C29H31NO7. The maximum atomic E-state index is 11.9. The van der Waals surface area contributed by atoms with E-state index in [4.69, 9.17) is 28.4 Å². The molecule has 37 heavy (non-hydrogen) atoms. The lowest BCUT2D eigenvalue weighted by Crippen LogP contribution is -2.35. The maximum Gasteiger partial charge on any atom is 0.169 e. The van der Waals surface area contributed by atoms with Gasteiger partial charge in [-0.25, -0.2) is 0 Å². The standard InChI is InChI=1S/C29H31NO7/c1-30-8-7-16-10-26(35-5)29(36-6)28-19-13-23(33-3)25(11-17(19)9-20(30)27(16)28)37-21-14-24(34-4)22(32-2)12-18(21)15-31/h10-15,20H,7-9H2,1-6H3. The highest BCUT2D eigenvalue weighted by Crippen LogP contribution is 2.54. The van der Waals surface area contributed by atoms with Crippen LogP contribution in [0.4, 0.5) is 0 Å². The number of hydrogen-bond acceptors (Lipinski definition) is 8. The molecule has 8 heteroatoms. The summed E-state index contributed by atoms with van der Waals surface area (Å²) in [6.45, 7) is 0.954. The van der Waals surface area contributed by atoms with Crippen LogP contribution in [-0.2, 0) is 12.8 Å². The van der Waals surface area contributed by atoms with Crippen molar-refractivity contribution in [2.45, 2.75) is 18.9 Å². The zero-order chi connectivity index (χ0) is 26.3. The van der Waals surface area contributed by atoms with E-state index in [1.54, 1.807) is 33.5 Å². The molecule has 2 aliphatic rings. The van der Waals surface area contributed by atoms with Crippen LogP contribution in [0.15, 0.2) is 30.3 Å². The van der Waals surface area contributed by atoms with E-state index in [0.29, 0.717) is 45.8 Å². The van der Waals surface area contributed by atoms with Crippen molar-refractivity contribution in [2.75, 3.05) is 49.1 Å². The monoisotopic (exact) mass is 505 g/mol. The van der Waals surface area contributed by atoms with Crippen LogP contribution in [0.25, 0.3) is 11.1 Å². The number of aldehydes is 1. The van der Waals surface area contributed by atoms with Crippen molar-refractivity contribution >= 4 is 6.29 Å². The Bertz CT molecular complexity index is 1370. The van der Waals surface area contributed by atoms with Crippen molar-refractivity contribution in [1.82, 2.24) is 4.90 Å². The average Bonchev–Trinajstić information content (AvgIpc) is 2.93. The van der Waals surface area contributed by atoms with Crippen LogP contribution in [-0.4, -0.2) is 60.3 Å². The van der Waals surface area contributed by atoms with Crippen molar-refractivity contribution in [3.05, 3.63) is 52.6 Å². The molecule has 1 aliphatic heterocycles. The summed E-state index contributed by atoms with van der Waals surface area (Å²) in [5.74, 6) is 3.71. The van der Waals surface area contributed by atoms with E-state index < -0.39 is 0 Å². The van der Waals surface area contributed by atoms with Crippen LogP contribution in [0.2, 0.25) is 0 Å². The Labute approximate surface area is 216 Å². The predicted molar refractivity (Wildman–Crippen MR) is 139 cm³/mol. The van der Waals surface area contributed by atoms with Crippen LogP contribution in [0.3, 0.4) is 0 Å². The Morgan fingerprint density at radius 3 is 2.05 bits per heavy atom. The lowest BCUT2D eigenvalue weighted by Gasteiger charge is -2.40. The highest BCUT2D eigenvalue weighted by Gasteiger charge is 2.37. The zero-order valence-corrected chi connectivity index (χ0v) is 22.0. The van der Waals surface area contributed by atoms with Gasteiger partial charge in [-0.05, 0) is 66.4 Å². The van der Waals surface area contributed by atoms with Gasteiger partial charge in [0.05, 0.1) is 41.1 Å². The van der Waals surface area contributed by atoms with Crippen LogP contribution in [0.5, 0.6) is 40.2 Å². The third-order valence-corrected chi connectivity index (χ3v) is 7.33. The van der Waals surface area contributed by atoms with Crippen LogP contribution < -0.4 is 28.4 Å². The Kier molecular flexibility index (Phi) is 6.60. The number of carbonyl (C=O) groups is 1. The molecule has 5 rings (SSSR count). The van der Waals surface area contributed by atoms with Gasteiger partial charge in [-0.15, -0.1) is 0 Å². The molecule has 0 radical (unpaired) electrons. The Hall–Kier alpha value is -3.91. The highest BCUT2D eigenvalue weighted by molar-refractivity contribution is 5.85. The summed E-state index contributed by atoms with van der Waals surface area (Å²) in [6.07, 6.45) is 2.47. The molecule has 0 saturated heterocycles. The number of benzene rings is 3. The number of fused-ring (bicyclic) bond motifs is 2. The van der Waals surface area contributed by atoms with E-state index >= 15 is 0 Å². The molecule has 1 atom stereocenters. The van der Waals surface area contributed by atoms with Gasteiger partial charge in [0, 0.05) is 24.2 Å². The summed E-state index contributed by atoms with van der Waals surface area (Å²) in [5.41, 5.74) is 6.03. The van der Waals surface area contributed by atoms with Crippen molar-refractivity contribution in [3.63, 3.8) is 0 Å². The molecule has 3 aromatic carbocycles. The van der Waals surface area contributed by atoms with Gasteiger partial charge in [0.1, 0.15) is 5.75 Å². The molecule has 0 amide bonds. The normalized spacial score (nSPS) is 15.8. The first kappa shape index (κ1) is 24.8. The fraction of sp³-hybridized carbons (Fsp3) is 0.345. The van der Waals surface area contributed by atoms with E-state index in [1.807, 2.05) is 12.1 Å². The second-order valence-corrected chi connectivity index (χ2v) is 9.14. The molecule has 8 nitrogen and oxygen atoms in total. The smallest absolute Gasteiger partial charge is 0.169 e. The van der Waals surface area contributed by atoms with Gasteiger partial charge >= 0.3 is 0 Å². The summed E-state index contributed by atoms with van der Waals surface area (Å²) >= 11 is 0. The molecule has 1 unspecified atom stereocenters. The molecule has 1 aliphatic carbocycles. The summed E-state index contributed by atoms with van der Waals surface area (Å²) in [4.78, 5) is 14.2. The number of likely N-dealkylation sites (N-methyl/N-ethyl adjacent to an activating group) is 1. The first-order chi connectivity index (χ1) is 18.0. The Morgan fingerprint density at radius 1 is 0.757 bits per heavy atom. The number of methoxy groups -OCH3 is 5. The molecule has 0 N–H and O–H groups in total. The van der Waals surface area contributed by atoms with E-state index in [9.17, 15) is 4.79 Å². The van der Waals surface area contributed by atoms with E-state index in [-0.39, 0.29) is 6.04 Å². The van der Waals surface area contributed by atoms with Crippen LogP contribution in [0.1, 0.15) is 33.1 Å². The van der Waals surface area contributed by atoms with Crippen molar-refractivity contribution < 1.29 is 33.2 Å². The molecule has 0 aromatic heterocycles. The first-order valence-electron chi connectivity index (χ1n) is 12.1. The van der Waals surface area contributed by atoms with Crippen LogP contribution >= 0.6 is 0 Å². The lowest BCUT2D eigenvalue weighted by molar-refractivity contribution is 0.112. The number of hydrogen-bond donors (Lipinski definition) is 0. The Morgan fingerprint density at radius 2 is 1.41 bits per heavy atom. The molecule has 1 heterocycles. The zero-order valence-electron chi connectivity index (χ0n) is 22.0. The Balaban J connectivity index is 1.69. The maximum absolute atomic E-state index is 11.9. The number of carbonyl (C=O) groups excluding carboxylic acids is 1. The van der Waals surface area contributed by atoms with Gasteiger partial charge in [-0.1, -0.05) is 0 Å². The number of nitrogens with zero attached hydrogens (tertiary/aromatic N) is 1. The molecule has 0 saturated carbocycles. The number of rotatable bonds is 8. The summed E-state index contributed by atoms with van der Waals surface area (Å²) < 4.78 is 34.4. The lowest BCUT2D eigenvalue weighted by atomic mass is 9.76. The van der Waals surface area contributed by atoms with Crippen molar-refractivity contribution in [2.24, 2.45) is 0 Å². The van der Waals surface area contributed by atoms with Gasteiger partial charge in [-0.3, -0.25) is 9.69 Å². The van der Waals surface area contributed by atoms with Gasteiger partial charge in [0.2, 0.25) is 0 Å². The minimum Gasteiger partial charge on any atom is -0.493 e. The SMILES string of the molecule is COc1cc(C=O)c(Oc2cc3c(cc2OC)-c2c(OC)c(OC)cc4c2C(C3)N(C)CC4)cc1OC. The topological polar surface area (TPSA) is 75.7 Å². The molecule has 3 aromatic rings. The quantitative estimate of drug-likeness (QED) is 0.392. The van der Waals surface area contributed by atoms with Crippen LogP contribution in [0, 0.1) is 0 Å². The van der Waals surface area contributed by atoms with E-state index in [0.717, 1.165) is 42.4 Å². The summed E-state index contributed by atoms with van der Waals surface area (Å²) in [7, 11) is 10.1. The third-order valence-electron chi connectivity index (χ3n) is 7.33. The second kappa shape index (κ2) is 9.86. The first-order valence-corrected chi connectivity index (χ1v) is 12.1. The predicted octanol–water partition coefficient (Wildman–Crippen LogP) is 5.09. The van der Waals surface area contributed by atoms with Gasteiger partial charge in [-0.2, -0.15) is 0 Å². The van der Waals surface area contributed by atoms with Gasteiger partial charge in [0.15, 0.2) is 40.8 Å². The minimum atomic E-state index is 0.193. The highest BCUT2D eigenvalue weighted by atomic mass is 16.5. The van der Waals surface area contributed by atoms with Crippen molar-refractivity contribution in [1.29, 1.82) is 0 Å². The molecule has 0 bridgehead atoms. The molecule has 0 spiro atoms. The van der Waals surface area contributed by atoms with Gasteiger partial charge in [0.25, 0.3) is 0 Å². The molecular weight excluding hydrogens is 474 g/mol. The third kappa shape index (κ3) is 4.01. The average molecular weight is 506 g/mol.